The monoisotopic (exact) mass is 360 g/mol. The lowest BCUT2D eigenvalue weighted by molar-refractivity contribution is 0.0696. The fourth-order valence-corrected chi connectivity index (χ4v) is 3.37. The van der Waals surface area contributed by atoms with Crippen LogP contribution < -0.4 is 10.5 Å². The minimum absolute atomic E-state index is 0.166. The summed E-state index contributed by atoms with van der Waals surface area (Å²) in [5.41, 5.74) is 8.95. The highest BCUT2D eigenvalue weighted by atomic mass is 16.5. The number of carboxylic acid groups (broad SMARTS) is 1. The van der Waals surface area contributed by atoms with Crippen molar-refractivity contribution in [3.63, 3.8) is 0 Å². The topological polar surface area (TPSA) is 105 Å². The zero-order chi connectivity index (χ0) is 19.1. The van der Waals surface area contributed by atoms with Crippen LogP contribution in [0.5, 0.6) is 5.75 Å². The van der Waals surface area contributed by atoms with E-state index in [1.807, 2.05) is 30.3 Å². The lowest BCUT2D eigenvalue weighted by Gasteiger charge is -2.10. The fraction of sp³-hybridized carbons (Fsp3) is 0.0476. The molecule has 4 N–H and O–H groups in total. The second-order valence-electron chi connectivity index (χ2n) is 6.20. The molecule has 134 valence electrons. The van der Waals surface area contributed by atoms with Crippen molar-refractivity contribution in [2.24, 2.45) is 5.73 Å². The zero-order valence-electron chi connectivity index (χ0n) is 14.4. The molecule has 0 bridgehead atoms. The van der Waals surface area contributed by atoms with Gasteiger partial charge in [-0.25, -0.2) is 4.79 Å². The molecule has 0 aliphatic heterocycles. The molecule has 0 fully saturated rings. The average Bonchev–Trinajstić information content (AvgIpc) is 3.04. The van der Waals surface area contributed by atoms with Gasteiger partial charge >= 0.3 is 5.97 Å². The number of methoxy groups -OCH3 is 1. The maximum Gasteiger partial charge on any atom is 0.335 e. The largest absolute Gasteiger partial charge is 0.496 e. The number of carbonyl (C=O) groups excluding carboxylic acids is 1. The summed E-state index contributed by atoms with van der Waals surface area (Å²) in [5.74, 6) is -0.901. The second kappa shape index (κ2) is 6.17. The Morgan fingerprint density at radius 1 is 1.04 bits per heavy atom. The molecule has 3 aromatic carbocycles. The average molecular weight is 360 g/mol. The van der Waals surface area contributed by atoms with Crippen LogP contribution in [0.2, 0.25) is 0 Å². The van der Waals surface area contributed by atoms with Crippen molar-refractivity contribution >= 4 is 33.7 Å². The standard InChI is InChI=1S/C21H16N2O4/c1-27-18-5-3-2-4-13(18)12-8-15-14-7-6-11(21(25)26)10-17(14)23-19(15)16(9-12)20(22)24/h2-10,23H,1H3,(H2,22,24)(H,25,26). The Hall–Kier alpha value is -3.80. The summed E-state index contributed by atoms with van der Waals surface area (Å²) in [6, 6.07) is 16.0. The molecule has 0 aliphatic rings. The highest BCUT2D eigenvalue weighted by Crippen LogP contribution is 2.36. The molecule has 27 heavy (non-hydrogen) atoms. The first-order chi connectivity index (χ1) is 13.0. The van der Waals surface area contributed by atoms with Gasteiger partial charge in [0.1, 0.15) is 5.75 Å². The summed E-state index contributed by atoms with van der Waals surface area (Å²) in [6.45, 7) is 0. The molecule has 0 spiro atoms. The minimum Gasteiger partial charge on any atom is -0.496 e. The number of rotatable bonds is 4. The van der Waals surface area contributed by atoms with E-state index in [-0.39, 0.29) is 5.56 Å². The van der Waals surface area contributed by atoms with Crippen LogP contribution in [0.4, 0.5) is 0 Å². The smallest absolute Gasteiger partial charge is 0.335 e. The van der Waals surface area contributed by atoms with Crippen LogP contribution >= 0.6 is 0 Å². The van der Waals surface area contributed by atoms with Gasteiger partial charge in [-0.15, -0.1) is 0 Å². The number of ether oxygens (including phenoxy) is 1. The van der Waals surface area contributed by atoms with Crippen LogP contribution in [0.1, 0.15) is 20.7 Å². The van der Waals surface area contributed by atoms with Crippen LogP contribution in [0, 0.1) is 0 Å². The van der Waals surface area contributed by atoms with E-state index in [0.29, 0.717) is 22.3 Å². The number of H-pyrrole nitrogens is 1. The number of fused-ring (bicyclic) bond motifs is 3. The SMILES string of the molecule is COc1ccccc1-c1cc(C(N)=O)c2[nH]c3cc(C(=O)O)ccc3c2c1. The molecule has 1 heterocycles. The van der Waals surface area contributed by atoms with Gasteiger partial charge in [-0.3, -0.25) is 4.79 Å². The lowest BCUT2D eigenvalue weighted by Crippen LogP contribution is -2.11. The van der Waals surface area contributed by atoms with Crippen LogP contribution in [-0.4, -0.2) is 29.1 Å². The van der Waals surface area contributed by atoms with Crippen molar-refractivity contribution in [3.8, 4) is 16.9 Å². The number of aromatic carboxylic acids is 1. The lowest BCUT2D eigenvalue weighted by atomic mass is 9.98. The van der Waals surface area contributed by atoms with Gasteiger partial charge < -0.3 is 20.6 Å². The van der Waals surface area contributed by atoms with Gasteiger partial charge in [-0.1, -0.05) is 24.3 Å². The first-order valence-corrected chi connectivity index (χ1v) is 8.25. The molecule has 6 nitrogen and oxygen atoms in total. The second-order valence-corrected chi connectivity index (χ2v) is 6.20. The summed E-state index contributed by atoms with van der Waals surface area (Å²) < 4.78 is 5.43. The molecule has 4 rings (SSSR count). The van der Waals surface area contributed by atoms with E-state index in [0.717, 1.165) is 21.9 Å². The predicted octanol–water partition coefficient (Wildman–Crippen LogP) is 3.79. The van der Waals surface area contributed by atoms with Crippen molar-refractivity contribution in [2.75, 3.05) is 7.11 Å². The number of aromatic nitrogens is 1. The van der Waals surface area contributed by atoms with Gasteiger partial charge in [0.2, 0.25) is 0 Å². The predicted molar refractivity (Wildman–Crippen MR) is 103 cm³/mol. The van der Waals surface area contributed by atoms with Gasteiger partial charge in [-0.2, -0.15) is 0 Å². The highest BCUT2D eigenvalue weighted by Gasteiger charge is 2.17. The van der Waals surface area contributed by atoms with Gasteiger partial charge in [0.05, 0.1) is 23.8 Å². The zero-order valence-corrected chi connectivity index (χ0v) is 14.4. The van der Waals surface area contributed by atoms with Crippen molar-refractivity contribution in [3.05, 3.63) is 65.7 Å². The van der Waals surface area contributed by atoms with Crippen molar-refractivity contribution in [2.45, 2.75) is 0 Å². The van der Waals surface area contributed by atoms with Gasteiger partial charge in [0, 0.05) is 21.9 Å². The number of aromatic amines is 1. The summed E-state index contributed by atoms with van der Waals surface area (Å²) in [7, 11) is 1.59. The molecule has 0 radical (unpaired) electrons. The van der Waals surface area contributed by atoms with Crippen LogP contribution in [0.25, 0.3) is 32.9 Å². The highest BCUT2D eigenvalue weighted by molar-refractivity contribution is 6.16. The molecule has 0 saturated heterocycles. The number of carboxylic acids is 1. The maximum atomic E-state index is 12.1. The molecule has 0 unspecified atom stereocenters. The van der Waals surface area contributed by atoms with E-state index < -0.39 is 11.9 Å². The quantitative estimate of drug-likeness (QED) is 0.515. The Morgan fingerprint density at radius 3 is 2.52 bits per heavy atom. The Balaban J connectivity index is 2.07. The number of carbonyl (C=O) groups is 2. The molecule has 0 atom stereocenters. The van der Waals surface area contributed by atoms with Gasteiger partial charge in [0.15, 0.2) is 0 Å². The number of nitrogens with two attached hydrogens (primary N) is 1. The van der Waals surface area contributed by atoms with Crippen molar-refractivity contribution < 1.29 is 19.4 Å². The normalized spacial score (nSPS) is 11.0. The Morgan fingerprint density at radius 2 is 1.81 bits per heavy atom. The number of hydrogen-bond donors (Lipinski definition) is 3. The third kappa shape index (κ3) is 2.67. The molecule has 0 aliphatic carbocycles. The van der Waals surface area contributed by atoms with Crippen molar-refractivity contribution in [1.29, 1.82) is 0 Å². The molecule has 1 amide bonds. The van der Waals surface area contributed by atoms with Gasteiger partial charge in [0.25, 0.3) is 5.91 Å². The van der Waals surface area contributed by atoms with Crippen LogP contribution in [0.15, 0.2) is 54.6 Å². The number of hydrogen-bond acceptors (Lipinski definition) is 3. The first kappa shape index (κ1) is 16.7. The Bertz CT molecular complexity index is 1220. The van der Waals surface area contributed by atoms with E-state index in [1.165, 1.54) is 6.07 Å². The van der Waals surface area contributed by atoms with Crippen LogP contribution in [0.3, 0.4) is 0 Å². The van der Waals surface area contributed by atoms with Crippen molar-refractivity contribution in [1.82, 2.24) is 4.98 Å². The van der Waals surface area contributed by atoms with Gasteiger partial charge in [-0.05, 0) is 35.9 Å². The number of para-hydroxylation sites is 1. The number of amides is 1. The summed E-state index contributed by atoms with van der Waals surface area (Å²) >= 11 is 0. The maximum absolute atomic E-state index is 12.1. The number of primary amides is 1. The van der Waals surface area contributed by atoms with E-state index >= 15 is 0 Å². The summed E-state index contributed by atoms with van der Waals surface area (Å²) in [6.07, 6.45) is 0. The molecule has 6 heteroatoms. The summed E-state index contributed by atoms with van der Waals surface area (Å²) in [4.78, 5) is 26.5. The molecular weight excluding hydrogens is 344 g/mol. The molecular formula is C21H16N2O4. The minimum atomic E-state index is -1.01. The molecule has 0 saturated carbocycles. The Labute approximate surface area is 154 Å². The molecule has 4 aromatic rings. The number of nitrogens with one attached hydrogen (secondary N) is 1. The third-order valence-electron chi connectivity index (χ3n) is 4.64. The van der Waals surface area contributed by atoms with E-state index in [1.54, 1.807) is 25.3 Å². The van der Waals surface area contributed by atoms with E-state index in [2.05, 4.69) is 4.98 Å². The Kier molecular flexibility index (Phi) is 3.81. The van der Waals surface area contributed by atoms with E-state index in [4.69, 9.17) is 10.5 Å². The third-order valence-corrected chi connectivity index (χ3v) is 4.64. The number of benzene rings is 3. The van der Waals surface area contributed by atoms with Crippen LogP contribution in [-0.2, 0) is 0 Å². The summed E-state index contributed by atoms with van der Waals surface area (Å²) in [5, 5.41) is 10.8. The first-order valence-electron chi connectivity index (χ1n) is 8.25. The molecule has 1 aromatic heterocycles. The van der Waals surface area contributed by atoms with E-state index in [9.17, 15) is 14.7 Å². The fourth-order valence-electron chi connectivity index (χ4n) is 3.37.